The lowest BCUT2D eigenvalue weighted by Crippen LogP contribution is -2.49. The van der Waals surface area contributed by atoms with E-state index >= 15 is 0 Å². The number of aryl methyl sites for hydroxylation is 1. The van der Waals surface area contributed by atoms with Gasteiger partial charge in [0, 0.05) is 17.4 Å². The molecule has 2 aromatic rings. The van der Waals surface area contributed by atoms with Gasteiger partial charge in [0.05, 0.1) is 16.5 Å². The van der Waals surface area contributed by atoms with Crippen LogP contribution in [-0.2, 0) is 13.0 Å². The van der Waals surface area contributed by atoms with Gasteiger partial charge in [-0.25, -0.2) is 0 Å². The van der Waals surface area contributed by atoms with E-state index in [1.165, 1.54) is 0 Å². The number of hydrogen-bond acceptors (Lipinski definition) is 1. The maximum absolute atomic E-state index is 6.48. The molecule has 0 unspecified atom stereocenters. The van der Waals surface area contributed by atoms with E-state index in [4.69, 9.17) is 39.8 Å². The van der Waals surface area contributed by atoms with E-state index in [-0.39, 0.29) is 10.8 Å². The van der Waals surface area contributed by atoms with Gasteiger partial charge in [-0.3, -0.25) is 0 Å². The van der Waals surface area contributed by atoms with Gasteiger partial charge in [0.1, 0.15) is 12.2 Å². The molecule has 24 heavy (non-hydrogen) atoms. The van der Waals surface area contributed by atoms with Crippen LogP contribution in [0.5, 0.6) is 0 Å². The highest BCUT2D eigenvalue weighted by molar-refractivity contribution is 6.40. The van der Waals surface area contributed by atoms with Crippen LogP contribution >= 0.6 is 34.8 Å². The predicted molar refractivity (Wildman–Crippen MR) is 99.4 cm³/mol. The number of rotatable bonds is 1. The molecule has 6 heteroatoms. The van der Waals surface area contributed by atoms with Crippen molar-refractivity contribution >= 4 is 34.8 Å². The molecule has 130 valence electrons. The molecular formula is C18H23Cl3N3+. The van der Waals surface area contributed by atoms with Crippen molar-refractivity contribution in [1.29, 1.82) is 0 Å². The molecule has 0 spiro atoms. The summed E-state index contributed by atoms with van der Waals surface area (Å²) in [6, 6.07) is 3.45. The minimum Gasteiger partial charge on any atom is -0.148 e. The fraction of sp³-hybridized carbons (Fsp3) is 0.556. The van der Waals surface area contributed by atoms with Gasteiger partial charge in [-0.2, -0.15) is 0 Å². The Morgan fingerprint density at radius 1 is 1.04 bits per heavy atom. The summed E-state index contributed by atoms with van der Waals surface area (Å²) in [6.45, 7) is 12.1. The SMILES string of the molecule is Cc1nc2[n+](n1-c1c(Cl)cc(Cl)cc1Cl)CC(C)(C)CC(C)(C)C2. The summed E-state index contributed by atoms with van der Waals surface area (Å²) in [5.41, 5.74) is 1.09. The van der Waals surface area contributed by atoms with Crippen molar-refractivity contribution in [3.05, 3.63) is 38.8 Å². The maximum Gasteiger partial charge on any atom is 0.320 e. The lowest BCUT2D eigenvalue weighted by Gasteiger charge is -2.29. The van der Waals surface area contributed by atoms with E-state index in [0.717, 1.165) is 36.7 Å². The fourth-order valence-corrected chi connectivity index (χ4v) is 5.12. The molecule has 0 bridgehead atoms. The molecule has 0 radical (unpaired) electrons. The lowest BCUT2D eigenvalue weighted by molar-refractivity contribution is -0.782. The number of nitrogens with zero attached hydrogens (tertiary/aromatic N) is 3. The fourth-order valence-electron chi connectivity index (χ4n) is 4.14. The van der Waals surface area contributed by atoms with Crippen molar-refractivity contribution in [3.8, 4) is 5.69 Å². The highest BCUT2D eigenvalue weighted by atomic mass is 35.5. The zero-order chi connectivity index (χ0) is 17.9. The van der Waals surface area contributed by atoms with Crippen LogP contribution in [0.1, 0.15) is 45.8 Å². The molecule has 0 saturated heterocycles. The lowest BCUT2D eigenvalue weighted by atomic mass is 9.74. The second-order valence-corrected chi connectivity index (χ2v) is 9.60. The average molecular weight is 388 g/mol. The Hall–Kier alpha value is -0.770. The first kappa shape index (κ1) is 18.0. The van der Waals surface area contributed by atoms with Crippen molar-refractivity contribution in [1.82, 2.24) is 9.67 Å². The normalized spacial score (nSPS) is 19.0. The summed E-state index contributed by atoms with van der Waals surface area (Å²) in [7, 11) is 0. The molecule has 0 aliphatic carbocycles. The predicted octanol–water partition coefficient (Wildman–Crippen LogP) is 5.43. The van der Waals surface area contributed by atoms with Crippen LogP contribution in [0.2, 0.25) is 15.1 Å². The van der Waals surface area contributed by atoms with Crippen LogP contribution in [-0.4, -0.2) is 9.67 Å². The van der Waals surface area contributed by atoms with Gasteiger partial charge in [0.25, 0.3) is 5.82 Å². The molecule has 1 aliphatic rings. The van der Waals surface area contributed by atoms with Crippen LogP contribution in [0.25, 0.3) is 5.69 Å². The largest absolute Gasteiger partial charge is 0.320 e. The highest BCUT2D eigenvalue weighted by Crippen LogP contribution is 2.39. The Labute approximate surface area is 158 Å². The number of benzene rings is 1. The molecule has 1 aliphatic heterocycles. The van der Waals surface area contributed by atoms with Crippen molar-refractivity contribution in [2.45, 2.75) is 54.0 Å². The number of aromatic nitrogens is 3. The first-order valence-corrected chi connectivity index (χ1v) is 9.26. The van der Waals surface area contributed by atoms with Gasteiger partial charge < -0.3 is 0 Å². The second kappa shape index (κ2) is 5.89. The zero-order valence-corrected chi connectivity index (χ0v) is 17.0. The first-order valence-electron chi connectivity index (χ1n) is 8.12. The average Bonchev–Trinajstić information content (AvgIpc) is 2.58. The molecule has 3 rings (SSSR count). The van der Waals surface area contributed by atoms with Crippen LogP contribution in [0.4, 0.5) is 0 Å². The zero-order valence-electron chi connectivity index (χ0n) is 14.8. The summed E-state index contributed by atoms with van der Waals surface area (Å²) in [5, 5.41) is 1.60. The molecule has 0 N–H and O–H groups in total. The Morgan fingerprint density at radius 2 is 1.62 bits per heavy atom. The number of fused-ring (bicyclic) bond motifs is 1. The van der Waals surface area contributed by atoms with Crippen LogP contribution in [0.15, 0.2) is 12.1 Å². The maximum atomic E-state index is 6.48. The van der Waals surface area contributed by atoms with Gasteiger partial charge in [-0.1, -0.05) is 62.5 Å². The first-order chi connectivity index (χ1) is 11.0. The van der Waals surface area contributed by atoms with Crippen LogP contribution < -0.4 is 4.68 Å². The summed E-state index contributed by atoms with van der Waals surface area (Å²) < 4.78 is 4.27. The topological polar surface area (TPSA) is 21.7 Å². The molecular weight excluding hydrogens is 365 g/mol. The minimum absolute atomic E-state index is 0.148. The molecule has 0 saturated carbocycles. The molecule has 0 fully saturated rings. The van der Waals surface area contributed by atoms with E-state index in [1.807, 2.05) is 11.6 Å². The van der Waals surface area contributed by atoms with E-state index in [9.17, 15) is 0 Å². The second-order valence-electron chi connectivity index (χ2n) is 8.34. The smallest absolute Gasteiger partial charge is 0.148 e. The Morgan fingerprint density at radius 3 is 2.21 bits per heavy atom. The van der Waals surface area contributed by atoms with Crippen molar-refractivity contribution in [3.63, 3.8) is 0 Å². The summed E-state index contributed by atoms with van der Waals surface area (Å²) in [4.78, 5) is 4.83. The monoisotopic (exact) mass is 386 g/mol. The molecule has 1 aromatic heterocycles. The van der Waals surface area contributed by atoms with Crippen LogP contribution in [0, 0.1) is 17.8 Å². The van der Waals surface area contributed by atoms with Gasteiger partial charge >= 0.3 is 5.82 Å². The van der Waals surface area contributed by atoms with Crippen molar-refractivity contribution in [2.24, 2.45) is 10.8 Å². The summed E-state index contributed by atoms with van der Waals surface area (Å²) in [6.07, 6.45) is 2.05. The van der Waals surface area contributed by atoms with Gasteiger partial charge in [-0.15, -0.1) is 9.36 Å². The standard InChI is InChI=1S/C18H23Cl3N3/c1-11-22-15-8-17(2,3)9-18(4,5)10-23(15)24(11)16-13(20)6-12(19)7-14(16)21/h6-7H,8-10H2,1-5H3/q+1. The molecule has 2 heterocycles. The van der Waals surface area contributed by atoms with Gasteiger partial charge in [0.2, 0.25) is 0 Å². The molecule has 0 amide bonds. The van der Waals surface area contributed by atoms with Gasteiger partial charge in [0.15, 0.2) is 0 Å². The highest BCUT2D eigenvalue weighted by Gasteiger charge is 2.41. The third-order valence-corrected chi connectivity index (χ3v) is 5.30. The third kappa shape index (κ3) is 3.31. The Balaban J connectivity index is 2.25. The van der Waals surface area contributed by atoms with E-state index in [1.54, 1.807) is 12.1 Å². The third-order valence-electron chi connectivity index (χ3n) is 4.50. The van der Waals surface area contributed by atoms with E-state index in [2.05, 4.69) is 32.4 Å². The molecule has 0 atom stereocenters. The molecule has 3 nitrogen and oxygen atoms in total. The quantitative estimate of drug-likeness (QED) is 0.598. The Kier molecular flexibility index (Phi) is 4.43. The Bertz CT molecular complexity index is 783. The minimum atomic E-state index is 0.148. The van der Waals surface area contributed by atoms with Crippen molar-refractivity contribution < 1.29 is 4.68 Å². The van der Waals surface area contributed by atoms with Crippen LogP contribution in [0.3, 0.4) is 0 Å². The van der Waals surface area contributed by atoms with E-state index < -0.39 is 0 Å². The van der Waals surface area contributed by atoms with E-state index in [0.29, 0.717) is 15.1 Å². The molecule has 1 aromatic carbocycles. The summed E-state index contributed by atoms with van der Waals surface area (Å²) in [5.74, 6) is 1.95. The van der Waals surface area contributed by atoms with Crippen molar-refractivity contribution in [2.75, 3.05) is 0 Å². The summed E-state index contributed by atoms with van der Waals surface area (Å²) >= 11 is 19.0. The number of hydrogen-bond donors (Lipinski definition) is 0. The number of halogens is 3. The van der Waals surface area contributed by atoms with Gasteiger partial charge in [-0.05, 0) is 29.0 Å².